The van der Waals surface area contributed by atoms with Crippen LogP contribution in [0.3, 0.4) is 0 Å². The molecule has 0 aliphatic heterocycles. The molecule has 0 radical (unpaired) electrons. The molecule has 0 unspecified atom stereocenters. The molecule has 30 heavy (non-hydrogen) atoms. The molecule has 3 rings (SSSR count). The smallest absolute Gasteiger partial charge is 0.418 e. The predicted octanol–water partition coefficient (Wildman–Crippen LogP) is 5.60. The lowest BCUT2D eigenvalue weighted by Gasteiger charge is -2.26. The number of nitrogens with one attached hydrogen (secondary N) is 1. The number of H-pyrrole nitrogens is 1. The number of alkyl halides is 3. The molecular formula is C21H21F4N3O2. The van der Waals surface area contributed by atoms with Gasteiger partial charge in [-0.05, 0) is 42.8 Å². The Bertz CT molecular complexity index is 1050. The van der Waals surface area contributed by atoms with Crippen molar-refractivity contribution in [3.8, 4) is 5.88 Å². The maximum absolute atomic E-state index is 13.7. The summed E-state index contributed by atoms with van der Waals surface area (Å²) < 4.78 is 59.7. The van der Waals surface area contributed by atoms with Crippen molar-refractivity contribution >= 4 is 28.5 Å². The standard InChI is InChI=1S/C21H21F4N3O2/c1-3-8-28(12-30-2)19-7-5-14(10-17(19)21(23,24)25)26-11-16-15-9-13(22)4-6-18(15)27-20(16)29/h4-7,9-11,27,29H,3,8,12H2,1-2H3. The van der Waals surface area contributed by atoms with E-state index in [1.807, 2.05) is 6.92 Å². The van der Waals surface area contributed by atoms with E-state index in [1.54, 1.807) is 0 Å². The van der Waals surface area contributed by atoms with E-state index in [9.17, 15) is 22.7 Å². The molecule has 0 aliphatic carbocycles. The Hall–Kier alpha value is -3.07. The van der Waals surface area contributed by atoms with Gasteiger partial charge in [0.1, 0.15) is 12.5 Å². The van der Waals surface area contributed by atoms with E-state index in [0.717, 1.165) is 6.07 Å². The van der Waals surface area contributed by atoms with E-state index in [0.29, 0.717) is 23.9 Å². The summed E-state index contributed by atoms with van der Waals surface area (Å²) in [7, 11) is 1.42. The molecule has 1 heterocycles. The van der Waals surface area contributed by atoms with E-state index in [2.05, 4.69) is 9.98 Å². The maximum Gasteiger partial charge on any atom is 0.418 e. The topological polar surface area (TPSA) is 60.9 Å². The average Bonchev–Trinajstić information content (AvgIpc) is 3.00. The third kappa shape index (κ3) is 4.56. The second kappa shape index (κ2) is 8.74. The van der Waals surface area contributed by atoms with Gasteiger partial charge in [-0.3, -0.25) is 4.99 Å². The first kappa shape index (κ1) is 21.6. The third-order valence-corrected chi connectivity index (χ3v) is 4.53. The van der Waals surface area contributed by atoms with Gasteiger partial charge in [-0.25, -0.2) is 4.39 Å². The zero-order chi connectivity index (χ0) is 21.9. The fourth-order valence-corrected chi connectivity index (χ4v) is 3.23. The Morgan fingerprint density at radius 3 is 2.63 bits per heavy atom. The van der Waals surface area contributed by atoms with Gasteiger partial charge in [0, 0.05) is 30.8 Å². The van der Waals surface area contributed by atoms with Gasteiger partial charge in [-0.2, -0.15) is 13.2 Å². The van der Waals surface area contributed by atoms with Gasteiger partial charge < -0.3 is 19.7 Å². The minimum Gasteiger partial charge on any atom is -0.494 e. The van der Waals surface area contributed by atoms with Crippen LogP contribution in [-0.4, -0.2) is 36.7 Å². The molecule has 9 heteroatoms. The summed E-state index contributed by atoms with van der Waals surface area (Å²) >= 11 is 0. The summed E-state index contributed by atoms with van der Waals surface area (Å²) in [5.74, 6) is -0.754. The lowest BCUT2D eigenvalue weighted by molar-refractivity contribution is -0.137. The fraction of sp³-hybridized carbons (Fsp3) is 0.286. The number of aromatic amines is 1. The molecule has 0 atom stereocenters. The quantitative estimate of drug-likeness (QED) is 0.295. The molecule has 5 nitrogen and oxygen atoms in total. The van der Waals surface area contributed by atoms with E-state index in [4.69, 9.17) is 4.74 Å². The molecule has 2 aromatic carbocycles. The van der Waals surface area contributed by atoms with Gasteiger partial charge in [-0.15, -0.1) is 0 Å². The van der Waals surface area contributed by atoms with E-state index >= 15 is 0 Å². The van der Waals surface area contributed by atoms with Crippen LogP contribution in [0.15, 0.2) is 41.4 Å². The van der Waals surface area contributed by atoms with Crippen molar-refractivity contribution < 1.29 is 27.4 Å². The number of rotatable bonds is 7. The number of hydrogen-bond acceptors (Lipinski definition) is 4. The van der Waals surface area contributed by atoms with E-state index < -0.39 is 17.6 Å². The lowest BCUT2D eigenvalue weighted by Crippen LogP contribution is -2.28. The molecule has 3 aromatic rings. The molecule has 160 valence electrons. The molecule has 0 saturated heterocycles. The number of benzene rings is 2. The Morgan fingerprint density at radius 2 is 1.97 bits per heavy atom. The summed E-state index contributed by atoms with van der Waals surface area (Å²) in [6.45, 7) is 2.29. The largest absolute Gasteiger partial charge is 0.494 e. The van der Waals surface area contributed by atoms with Crippen LogP contribution < -0.4 is 4.90 Å². The number of ether oxygens (including phenoxy) is 1. The Balaban J connectivity index is 2.01. The second-order valence-corrected chi connectivity index (χ2v) is 6.72. The number of anilines is 1. The van der Waals surface area contributed by atoms with Crippen molar-refractivity contribution in [2.75, 3.05) is 25.3 Å². The van der Waals surface area contributed by atoms with Crippen LogP contribution in [0.2, 0.25) is 0 Å². The Kier molecular flexibility index (Phi) is 6.31. The highest BCUT2D eigenvalue weighted by Crippen LogP contribution is 2.39. The summed E-state index contributed by atoms with van der Waals surface area (Å²) in [5, 5.41) is 10.4. The van der Waals surface area contributed by atoms with Crippen LogP contribution in [0.4, 0.5) is 28.9 Å². The predicted molar refractivity (Wildman–Crippen MR) is 108 cm³/mol. The maximum atomic E-state index is 13.7. The van der Waals surface area contributed by atoms with E-state index in [1.165, 1.54) is 48.6 Å². The van der Waals surface area contributed by atoms with Crippen LogP contribution in [0.5, 0.6) is 5.88 Å². The molecule has 0 saturated carbocycles. The van der Waals surface area contributed by atoms with Gasteiger partial charge in [0.2, 0.25) is 0 Å². The molecule has 0 spiro atoms. The van der Waals surface area contributed by atoms with Crippen LogP contribution in [-0.2, 0) is 10.9 Å². The molecular weight excluding hydrogens is 402 g/mol. The molecule has 0 aliphatic rings. The third-order valence-electron chi connectivity index (χ3n) is 4.53. The summed E-state index contributed by atoms with van der Waals surface area (Å²) in [4.78, 5) is 8.26. The number of aromatic nitrogens is 1. The highest BCUT2D eigenvalue weighted by Gasteiger charge is 2.35. The lowest BCUT2D eigenvalue weighted by atomic mass is 10.1. The highest BCUT2D eigenvalue weighted by molar-refractivity contribution is 6.02. The summed E-state index contributed by atoms with van der Waals surface area (Å²) in [5.41, 5.74) is -0.116. The van der Waals surface area contributed by atoms with Gasteiger partial charge in [0.25, 0.3) is 0 Å². The Labute approximate surface area is 170 Å². The number of methoxy groups -OCH3 is 1. The van der Waals surface area contributed by atoms with Crippen molar-refractivity contribution in [1.82, 2.24) is 4.98 Å². The molecule has 0 bridgehead atoms. The van der Waals surface area contributed by atoms with Crippen LogP contribution in [0.1, 0.15) is 24.5 Å². The highest BCUT2D eigenvalue weighted by atomic mass is 19.4. The minimum absolute atomic E-state index is 0.00200. The number of halogens is 4. The SMILES string of the molecule is CCCN(COC)c1ccc(N=Cc2c(O)[nH]c3ccc(F)cc23)cc1C(F)(F)F. The number of aliphatic imine (C=N–C) groups is 1. The second-order valence-electron chi connectivity index (χ2n) is 6.72. The number of hydrogen-bond donors (Lipinski definition) is 2. The summed E-state index contributed by atoms with van der Waals surface area (Å²) in [6, 6.07) is 7.64. The number of aromatic hydroxyl groups is 1. The molecule has 1 aromatic heterocycles. The first-order valence-corrected chi connectivity index (χ1v) is 9.24. The van der Waals surface area contributed by atoms with Crippen LogP contribution >= 0.6 is 0 Å². The number of nitrogens with zero attached hydrogens (tertiary/aromatic N) is 2. The van der Waals surface area contributed by atoms with Gasteiger partial charge in [-0.1, -0.05) is 6.92 Å². The van der Waals surface area contributed by atoms with Gasteiger partial charge in [0.05, 0.1) is 22.5 Å². The minimum atomic E-state index is -4.59. The average molecular weight is 423 g/mol. The first-order valence-electron chi connectivity index (χ1n) is 9.24. The summed E-state index contributed by atoms with van der Waals surface area (Å²) in [6.07, 6.45) is -2.73. The van der Waals surface area contributed by atoms with Crippen LogP contribution in [0, 0.1) is 5.82 Å². The van der Waals surface area contributed by atoms with Crippen molar-refractivity contribution in [3.05, 3.63) is 53.3 Å². The zero-order valence-electron chi connectivity index (χ0n) is 16.4. The van der Waals surface area contributed by atoms with Gasteiger partial charge >= 0.3 is 6.18 Å². The van der Waals surface area contributed by atoms with Crippen molar-refractivity contribution in [2.45, 2.75) is 19.5 Å². The van der Waals surface area contributed by atoms with Crippen molar-refractivity contribution in [3.63, 3.8) is 0 Å². The molecule has 2 N–H and O–H groups in total. The zero-order valence-corrected chi connectivity index (χ0v) is 16.4. The molecule has 0 amide bonds. The number of fused-ring (bicyclic) bond motifs is 1. The van der Waals surface area contributed by atoms with Crippen molar-refractivity contribution in [1.29, 1.82) is 0 Å². The van der Waals surface area contributed by atoms with Crippen molar-refractivity contribution in [2.24, 2.45) is 4.99 Å². The fourth-order valence-electron chi connectivity index (χ4n) is 3.23. The molecule has 0 fully saturated rings. The van der Waals surface area contributed by atoms with Crippen LogP contribution in [0.25, 0.3) is 10.9 Å². The Morgan fingerprint density at radius 1 is 1.20 bits per heavy atom. The monoisotopic (exact) mass is 423 g/mol. The van der Waals surface area contributed by atoms with E-state index in [-0.39, 0.29) is 29.5 Å². The van der Waals surface area contributed by atoms with Gasteiger partial charge in [0.15, 0.2) is 5.88 Å². The first-order chi connectivity index (χ1) is 14.2. The normalized spacial score (nSPS) is 12.2.